The molecule has 2 aromatic carbocycles. The van der Waals surface area contributed by atoms with E-state index in [1.807, 2.05) is 81.1 Å². The predicted octanol–water partition coefficient (Wildman–Crippen LogP) is 5.42. The molecule has 1 aliphatic heterocycles. The number of hydrogen-bond acceptors (Lipinski definition) is 4. The van der Waals surface area contributed by atoms with Gasteiger partial charge in [-0.3, -0.25) is 9.59 Å². The van der Waals surface area contributed by atoms with Crippen molar-refractivity contribution in [2.75, 3.05) is 19.7 Å². The fourth-order valence-corrected chi connectivity index (χ4v) is 5.28. The summed E-state index contributed by atoms with van der Waals surface area (Å²) in [5.41, 5.74) is 3.92. The number of carbonyl (C=O) groups is 2. The molecule has 0 radical (unpaired) electrons. The summed E-state index contributed by atoms with van der Waals surface area (Å²) in [7, 11) is 0. The first-order chi connectivity index (χ1) is 16.3. The number of ether oxygens (including phenoxy) is 1. The van der Waals surface area contributed by atoms with Crippen LogP contribution in [0.25, 0.3) is 0 Å². The quantitative estimate of drug-likeness (QED) is 0.457. The van der Waals surface area contributed by atoms with Crippen LogP contribution in [0.4, 0.5) is 0 Å². The highest BCUT2D eigenvalue weighted by Gasteiger charge is 2.34. The standard InChI is InChI=1S/C28H32N2O3S/c1-19(2)30(28(32)22-11-9-20(3)10-12-22)17-27(31)29-15-13-26-23(14-16-34-26)24(29)18-33-25-8-6-5-7-21(25)4/h5-12,14,16,19,24H,13,15,17-18H2,1-4H3/t24-/m0/s1. The van der Waals surface area contributed by atoms with Crippen LogP contribution in [-0.2, 0) is 11.2 Å². The Morgan fingerprint density at radius 1 is 1.09 bits per heavy atom. The van der Waals surface area contributed by atoms with Gasteiger partial charge in [-0.2, -0.15) is 0 Å². The van der Waals surface area contributed by atoms with Crippen molar-refractivity contribution < 1.29 is 14.3 Å². The minimum absolute atomic E-state index is 0.0463. The molecule has 1 atom stereocenters. The maximum absolute atomic E-state index is 13.6. The lowest BCUT2D eigenvalue weighted by atomic mass is 10.00. The molecule has 5 nitrogen and oxygen atoms in total. The zero-order chi connectivity index (χ0) is 24.2. The highest BCUT2D eigenvalue weighted by atomic mass is 32.1. The van der Waals surface area contributed by atoms with E-state index in [0.717, 1.165) is 28.9 Å². The zero-order valence-corrected chi connectivity index (χ0v) is 21.1. The molecule has 34 heavy (non-hydrogen) atoms. The van der Waals surface area contributed by atoms with Crippen LogP contribution in [0, 0.1) is 13.8 Å². The number of hydrogen-bond donors (Lipinski definition) is 0. The van der Waals surface area contributed by atoms with E-state index in [0.29, 0.717) is 18.7 Å². The molecule has 4 rings (SSSR count). The Bertz CT molecular complexity index is 1150. The van der Waals surface area contributed by atoms with Gasteiger partial charge >= 0.3 is 0 Å². The van der Waals surface area contributed by atoms with E-state index >= 15 is 0 Å². The van der Waals surface area contributed by atoms with Gasteiger partial charge in [0.1, 0.15) is 18.9 Å². The van der Waals surface area contributed by atoms with Gasteiger partial charge in [0.05, 0.1) is 6.04 Å². The second-order valence-corrected chi connectivity index (χ2v) is 10.1. The average Bonchev–Trinajstić information content (AvgIpc) is 3.31. The van der Waals surface area contributed by atoms with Crippen LogP contribution in [-0.4, -0.2) is 47.4 Å². The van der Waals surface area contributed by atoms with E-state index in [-0.39, 0.29) is 30.4 Å². The van der Waals surface area contributed by atoms with E-state index < -0.39 is 0 Å². The van der Waals surface area contributed by atoms with Crippen LogP contribution in [0.15, 0.2) is 60.0 Å². The SMILES string of the molecule is Cc1ccc(C(=O)N(CC(=O)N2CCc3sccc3[C@@H]2COc2ccccc2C)C(C)C)cc1. The minimum atomic E-state index is -0.175. The Hall–Kier alpha value is -3.12. The van der Waals surface area contributed by atoms with Gasteiger partial charge in [0.15, 0.2) is 0 Å². The number of fused-ring (bicyclic) bond motifs is 1. The fourth-order valence-electron chi connectivity index (χ4n) is 4.35. The lowest BCUT2D eigenvalue weighted by molar-refractivity contribution is -0.136. The van der Waals surface area contributed by atoms with Crippen LogP contribution in [0.1, 0.15) is 51.8 Å². The summed E-state index contributed by atoms with van der Waals surface area (Å²) >= 11 is 1.73. The number of carbonyl (C=O) groups excluding carboxylic acids is 2. The first-order valence-electron chi connectivity index (χ1n) is 11.8. The summed E-state index contributed by atoms with van der Waals surface area (Å²) in [6.45, 7) is 8.96. The number of thiophene rings is 1. The van der Waals surface area contributed by atoms with Crippen LogP contribution in [0.2, 0.25) is 0 Å². The molecule has 0 saturated heterocycles. The molecule has 1 aliphatic rings. The van der Waals surface area contributed by atoms with Crippen molar-refractivity contribution in [2.45, 2.75) is 46.2 Å². The van der Waals surface area contributed by atoms with Gasteiger partial charge in [-0.05, 0) is 74.9 Å². The number of benzene rings is 2. The second-order valence-electron chi connectivity index (χ2n) is 9.12. The van der Waals surface area contributed by atoms with Gasteiger partial charge in [-0.1, -0.05) is 35.9 Å². The topological polar surface area (TPSA) is 49.9 Å². The van der Waals surface area contributed by atoms with Gasteiger partial charge in [-0.25, -0.2) is 0 Å². The minimum Gasteiger partial charge on any atom is -0.491 e. The van der Waals surface area contributed by atoms with E-state index in [9.17, 15) is 9.59 Å². The van der Waals surface area contributed by atoms with Crippen LogP contribution >= 0.6 is 11.3 Å². The largest absolute Gasteiger partial charge is 0.491 e. The first-order valence-corrected chi connectivity index (χ1v) is 12.6. The number of nitrogens with zero attached hydrogens (tertiary/aromatic N) is 2. The third-order valence-electron chi connectivity index (χ3n) is 6.39. The van der Waals surface area contributed by atoms with Crippen molar-refractivity contribution in [3.05, 3.63) is 87.1 Å². The molecule has 2 amide bonds. The lowest BCUT2D eigenvalue weighted by Gasteiger charge is -2.37. The first kappa shape index (κ1) is 24.0. The summed E-state index contributed by atoms with van der Waals surface area (Å²) in [5.74, 6) is 0.657. The molecular weight excluding hydrogens is 444 g/mol. The van der Waals surface area contributed by atoms with Crippen molar-refractivity contribution in [3.8, 4) is 5.75 Å². The Morgan fingerprint density at radius 2 is 1.82 bits per heavy atom. The molecule has 0 aliphatic carbocycles. The van der Waals surface area contributed by atoms with Crippen LogP contribution < -0.4 is 4.74 Å². The Morgan fingerprint density at radius 3 is 2.53 bits per heavy atom. The lowest BCUT2D eigenvalue weighted by Crippen LogP contribution is -2.49. The van der Waals surface area contributed by atoms with Crippen molar-refractivity contribution in [1.82, 2.24) is 9.80 Å². The summed E-state index contributed by atoms with van der Waals surface area (Å²) in [4.78, 5) is 31.7. The van der Waals surface area contributed by atoms with Gasteiger partial charge in [0.25, 0.3) is 5.91 Å². The van der Waals surface area contributed by atoms with E-state index in [4.69, 9.17) is 4.74 Å². The predicted molar refractivity (Wildman–Crippen MR) is 137 cm³/mol. The molecule has 0 fully saturated rings. The van der Waals surface area contributed by atoms with Crippen molar-refractivity contribution >= 4 is 23.2 Å². The maximum atomic E-state index is 13.6. The third-order valence-corrected chi connectivity index (χ3v) is 7.39. The molecule has 6 heteroatoms. The molecular formula is C28H32N2O3S. The highest BCUT2D eigenvalue weighted by molar-refractivity contribution is 7.10. The summed E-state index contributed by atoms with van der Waals surface area (Å²) in [5, 5.41) is 2.08. The maximum Gasteiger partial charge on any atom is 0.254 e. The highest BCUT2D eigenvalue weighted by Crippen LogP contribution is 2.34. The summed E-state index contributed by atoms with van der Waals surface area (Å²) in [6.07, 6.45) is 0.827. The van der Waals surface area contributed by atoms with E-state index in [1.54, 1.807) is 16.2 Å². The Kier molecular flexibility index (Phi) is 7.37. The van der Waals surface area contributed by atoms with Crippen molar-refractivity contribution in [1.29, 1.82) is 0 Å². The molecule has 0 bridgehead atoms. The molecule has 0 unspecified atom stereocenters. The summed E-state index contributed by atoms with van der Waals surface area (Å²) in [6, 6.07) is 17.3. The summed E-state index contributed by atoms with van der Waals surface area (Å²) < 4.78 is 6.19. The van der Waals surface area contributed by atoms with Crippen LogP contribution in [0.3, 0.4) is 0 Å². The molecule has 3 aromatic rings. The van der Waals surface area contributed by atoms with Gasteiger partial charge in [-0.15, -0.1) is 11.3 Å². The second kappa shape index (κ2) is 10.4. The smallest absolute Gasteiger partial charge is 0.254 e. The average molecular weight is 477 g/mol. The third kappa shape index (κ3) is 5.17. The molecule has 2 heterocycles. The van der Waals surface area contributed by atoms with Gasteiger partial charge in [0.2, 0.25) is 5.91 Å². The normalized spacial score (nSPS) is 15.2. The molecule has 0 N–H and O–H groups in total. The van der Waals surface area contributed by atoms with Gasteiger partial charge in [0, 0.05) is 23.0 Å². The molecule has 178 valence electrons. The number of para-hydroxylation sites is 1. The number of rotatable bonds is 7. The Balaban J connectivity index is 1.54. The monoisotopic (exact) mass is 476 g/mol. The van der Waals surface area contributed by atoms with Gasteiger partial charge < -0.3 is 14.5 Å². The van der Waals surface area contributed by atoms with Crippen LogP contribution in [0.5, 0.6) is 5.75 Å². The molecule has 1 aromatic heterocycles. The molecule has 0 saturated carbocycles. The van der Waals surface area contributed by atoms with E-state index in [2.05, 4.69) is 11.4 Å². The zero-order valence-electron chi connectivity index (χ0n) is 20.3. The Labute approximate surface area is 206 Å². The van der Waals surface area contributed by atoms with Crippen molar-refractivity contribution in [3.63, 3.8) is 0 Å². The van der Waals surface area contributed by atoms with Crippen molar-refractivity contribution in [2.24, 2.45) is 0 Å². The molecule has 0 spiro atoms. The fraction of sp³-hybridized carbons (Fsp3) is 0.357. The number of aryl methyl sites for hydroxylation is 2. The number of amides is 2. The van der Waals surface area contributed by atoms with E-state index in [1.165, 1.54) is 4.88 Å².